The number of aromatic nitrogens is 2. The van der Waals surface area contributed by atoms with Gasteiger partial charge in [0.1, 0.15) is 5.65 Å². The summed E-state index contributed by atoms with van der Waals surface area (Å²) in [6, 6.07) is 13.3. The number of nitrogens with one attached hydrogen (secondary N) is 2. The quantitative estimate of drug-likeness (QED) is 0.637. The van der Waals surface area contributed by atoms with Crippen LogP contribution in [-0.4, -0.2) is 9.97 Å². The van der Waals surface area contributed by atoms with Crippen LogP contribution >= 0.6 is 0 Å². The van der Waals surface area contributed by atoms with Crippen molar-refractivity contribution >= 4 is 11.0 Å². The first-order valence-corrected chi connectivity index (χ1v) is 5.10. The molecular weight excluding hydrogens is 200 g/mol. The summed E-state index contributed by atoms with van der Waals surface area (Å²) < 4.78 is 0. The molecule has 2 heterocycles. The first kappa shape index (κ1) is 8.97. The minimum Gasteiger partial charge on any atom is -0.347 e. The molecular formula is C13H10N2O. The van der Waals surface area contributed by atoms with Gasteiger partial charge in [-0.05, 0) is 11.6 Å². The molecule has 0 amide bonds. The number of hydrogen-bond donors (Lipinski definition) is 2. The van der Waals surface area contributed by atoms with Crippen molar-refractivity contribution in [3.8, 4) is 11.3 Å². The molecule has 1 aromatic carbocycles. The highest BCUT2D eigenvalue weighted by atomic mass is 16.1. The summed E-state index contributed by atoms with van der Waals surface area (Å²) in [6.45, 7) is 0. The molecule has 78 valence electrons. The van der Waals surface area contributed by atoms with Crippen molar-refractivity contribution in [2.75, 3.05) is 0 Å². The minimum absolute atomic E-state index is 0.0344. The van der Waals surface area contributed by atoms with Crippen LogP contribution in [0.4, 0.5) is 0 Å². The van der Waals surface area contributed by atoms with Crippen molar-refractivity contribution in [2.45, 2.75) is 0 Å². The molecule has 3 heteroatoms. The van der Waals surface area contributed by atoms with Gasteiger partial charge in [0, 0.05) is 18.0 Å². The third-order valence-corrected chi connectivity index (χ3v) is 2.63. The predicted octanol–water partition coefficient (Wildman–Crippen LogP) is 2.52. The summed E-state index contributed by atoms with van der Waals surface area (Å²) >= 11 is 0. The molecule has 3 aromatic rings. The van der Waals surface area contributed by atoms with E-state index in [1.807, 2.05) is 36.4 Å². The van der Waals surface area contributed by atoms with Crippen molar-refractivity contribution in [2.24, 2.45) is 0 Å². The number of benzene rings is 1. The van der Waals surface area contributed by atoms with E-state index in [1.165, 1.54) is 6.07 Å². The van der Waals surface area contributed by atoms with Crippen molar-refractivity contribution < 1.29 is 0 Å². The molecule has 3 nitrogen and oxygen atoms in total. The molecule has 0 spiro atoms. The number of fused-ring (bicyclic) bond motifs is 1. The van der Waals surface area contributed by atoms with Crippen LogP contribution in [0.5, 0.6) is 0 Å². The Bertz CT molecular complexity index is 680. The Labute approximate surface area is 91.8 Å². The normalized spacial score (nSPS) is 10.8. The lowest BCUT2D eigenvalue weighted by Gasteiger charge is -1.94. The second kappa shape index (κ2) is 3.38. The minimum atomic E-state index is 0.0344. The third kappa shape index (κ3) is 1.34. The summed E-state index contributed by atoms with van der Waals surface area (Å²) in [5.74, 6) is 0. The van der Waals surface area contributed by atoms with Crippen molar-refractivity contribution in [1.82, 2.24) is 9.97 Å². The van der Waals surface area contributed by atoms with Crippen molar-refractivity contribution in [3.63, 3.8) is 0 Å². The molecule has 0 saturated heterocycles. The van der Waals surface area contributed by atoms with E-state index in [0.29, 0.717) is 5.39 Å². The second-order valence-corrected chi connectivity index (χ2v) is 3.68. The number of rotatable bonds is 1. The first-order valence-electron chi connectivity index (χ1n) is 5.10. The molecule has 0 radical (unpaired) electrons. The highest BCUT2D eigenvalue weighted by Crippen LogP contribution is 2.20. The molecule has 2 N–H and O–H groups in total. The van der Waals surface area contributed by atoms with Gasteiger partial charge >= 0.3 is 0 Å². The molecule has 0 unspecified atom stereocenters. The van der Waals surface area contributed by atoms with Gasteiger partial charge in [-0.3, -0.25) is 4.79 Å². The zero-order chi connectivity index (χ0) is 11.0. The molecule has 0 aliphatic heterocycles. The highest BCUT2D eigenvalue weighted by molar-refractivity contribution is 5.82. The zero-order valence-electron chi connectivity index (χ0n) is 8.53. The van der Waals surface area contributed by atoms with Gasteiger partial charge in [-0.15, -0.1) is 0 Å². The van der Waals surface area contributed by atoms with Gasteiger partial charge < -0.3 is 9.97 Å². The number of pyridine rings is 1. The lowest BCUT2D eigenvalue weighted by molar-refractivity contribution is 1.32. The Kier molecular flexibility index (Phi) is 1.90. The summed E-state index contributed by atoms with van der Waals surface area (Å²) in [4.78, 5) is 17.8. The number of H-pyrrole nitrogens is 2. The molecule has 16 heavy (non-hydrogen) atoms. The van der Waals surface area contributed by atoms with Crippen LogP contribution < -0.4 is 5.43 Å². The average molecular weight is 210 g/mol. The SMILES string of the molecule is O=c1cc[nH]c2[nH]c(-c3ccccc3)cc12. The van der Waals surface area contributed by atoms with Crippen molar-refractivity contribution in [3.05, 3.63) is 58.9 Å². The molecule has 3 rings (SSSR count). The smallest absolute Gasteiger partial charge is 0.191 e. The van der Waals surface area contributed by atoms with E-state index in [4.69, 9.17) is 0 Å². The molecule has 0 aliphatic rings. The van der Waals surface area contributed by atoms with Crippen LogP contribution in [0.2, 0.25) is 0 Å². The van der Waals surface area contributed by atoms with Gasteiger partial charge in [0.25, 0.3) is 0 Å². The monoisotopic (exact) mass is 210 g/mol. The fraction of sp³-hybridized carbons (Fsp3) is 0. The summed E-state index contributed by atoms with van der Waals surface area (Å²) in [5, 5.41) is 0.696. The van der Waals surface area contributed by atoms with Gasteiger partial charge in [-0.25, -0.2) is 0 Å². The number of aromatic amines is 2. The lowest BCUT2D eigenvalue weighted by atomic mass is 10.1. The predicted molar refractivity (Wildman–Crippen MR) is 64.4 cm³/mol. The van der Waals surface area contributed by atoms with Crippen LogP contribution in [0.15, 0.2) is 53.5 Å². The Hall–Kier alpha value is -2.29. The molecule has 0 bridgehead atoms. The maximum atomic E-state index is 11.6. The lowest BCUT2D eigenvalue weighted by Crippen LogP contribution is -1.97. The highest BCUT2D eigenvalue weighted by Gasteiger charge is 2.04. The van der Waals surface area contributed by atoms with Gasteiger partial charge in [0.15, 0.2) is 5.43 Å². The van der Waals surface area contributed by atoms with Gasteiger partial charge in [-0.2, -0.15) is 0 Å². The Morgan fingerprint density at radius 1 is 1.00 bits per heavy atom. The third-order valence-electron chi connectivity index (χ3n) is 2.63. The number of hydrogen-bond acceptors (Lipinski definition) is 1. The molecule has 2 aromatic heterocycles. The van der Waals surface area contributed by atoms with Crippen LogP contribution in [0.3, 0.4) is 0 Å². The van der Waals surface area contributed by atoms with Crippen LogP contribution in [0, 0.1) is 0 Å². The zero-order valence-corrected chi connectivity index (χ0v) is 8.53. The molecule has 0 atom stereocenters. The molecule has 0 aliphatic carbocycles. The fourth-order valence-electron chi connectivity index (χ4n) is 1.83. The summed E-state index contributed by atoms with van der Waals surface area (Å²) in [6.07, 6.45) is 1.65. The average Bonchev–Trinajstić information content (AvgIpc) is 2.76. The summed E-state index contributed by atoms with van der Waals surface area (Å²) in [5.41, 5.74) is 2.83. The van der Waals surface area contributed by atoms with Gasteiger partial charge in [0.05, 0.1) is 5.39 Å². The van der Waals surface area contributed by atoms with Gasteiger partial charge in [-0.1, -0.05) is 30.3 Å². The molecule has 0 saturated carbocycles. The maximum absolute atomic E-state index is 11.6. The van der Waals surface area contributed by atoms with Crippen molar-refractivity contribution in [1.29, 1.82) is 0 Å². The van der Waals surface area contributed by atoms with Crippen LogP contribution in [-0.2, 0) is 0 Å². The van der Waals surface area contributed by atoms with Crippen LogP contribution in [0.1, 0.15) is 0 Å². The van der Waals surface area contributed by atoms with Crippen LogP contribution in [0.25, 0.3) is 22.3 Å². The van der Waals surface area contributed by atoms with E-state index in [0.717, 1.165) is 16.9 Å². The van der Waals surface area contributed by atoms with E-state index in [1.54, 1.807) is 6.20 Å². The molecule has 0 fully saturated rings. The van der Waals surface area contributed by atoms with Gasteiger partial charge in [0.2, 0.25) is 0 Å². The second-order valence-electron chi connectivity index (χ2n) is 3.68. The largest absolute Gasteiger partial charge is 0.347 e. The maximum Gasteiger partial charge on any atom is 0.191 e. The Morgan fingerprint density at radius 2 is 1.81 bits per heavy atom. The fourth-order valence-corrected chi connectivity index (χ4v) is 1.83. The first-order chi connectivity index (χ1) is 7.84. The van der Waals surface area contributed by atoms with E-state index in [-0.39, 0.29) is 5.43 Å². The Balaban J connectivity index is 2.28. The van der Waals surface area contributed by atoms with E-state index in [2.05, 4.69) is 9.97 Å². The topological polar surface area (TPSA) is 48.6 Å². The van der Waals surface area contributed by atoms with E-state index < -0.39 is 0 Å². The summed E-state index contributed by atoms with van der Waals surface area (Å²) in [7, 11) is 0. The standard InChI is InChI=1S/C13H10N2O/c16-12-6-7-14-13-10(12)8-11(15-13)9-4-2-1-3-5-9/h1-8H,(H2,14,15,16). The van der Waals surface area contributed by atoms with E-state index >= 15 is 0 Å². The Morgan fingerprint density at radius 3 is 2.56 bits per heavy atom. The van der Waals surface area contributed by atoms with E-state index in [9.17, 15) is 4.79 Å².